The largest absolute Gasteiger partial charge is 0.350 e. The average molecular weight is 423 g/mol. The fourth-order valence-corrected chi connectivity index (χ4v) is 3.86. The lowest BCUT2D eigenvalue weighted by Gasteiger charge is -2.23. The lowest BCUT2D eigenvalue weighted by atomic mass is 10.0. The van der Waals surface area contributed by atoms with Crippen molar-refractivity contribution in [2.24, 2.45) is 5.92 Å². The number of carbonyl (C=O) groups is 1. The molecule has 3 heterocycles. The van der Waals surface area contributed by atoms with Crippen molar-refractivity contribution in [3.8, 4) is 10.6 Å². The summed E-state index contributed by atoms with van der Waals surface area (Å²) in [5, 5.41) is 17.6. The van der Waals surface area contributed by atoms with Crippen LogP contribution in [0.15, 0.2) is 58.7 Å². The molecule has 30 heavy (non-hydrogen) atoms. The van der Waals surface area contributed by atoms with E-state index in [0.29, 0.717) is 6.54 Å². The molecule has 1 aromatic carbocycles. The first-order chi connectivity index (χ1) is 14.5. The zero-order valence-electron chi connectivity index (χ0n) is 16.7. The first-order valence-electron chi connectivity index (χ1n) is 9.71. The average Bonchev–Trinajstić information content (AvgIpc) is 3.40. The van der Waals surface area contributed by atoms with Gasteiger partial charge in [-0.1, -0.05) is 37.3 Å². The molecule has 8 nitrogen and oxygen atoms in total. The third-order valence-electron chi connectivity index (χ3n) is 4.87. The van der Waals surface area contributed by atoms with Gasteiger partial charge in [0.2, 0.25) is 5.91 Å². The van der Waals surface area contributed by atoms with Gasteiger partial charge in [-0.05, 0) is 35.6 Å². The second kappa shape index (κ2) is 8.58. The summed E-state index contributed by atoms with van der Waals surface area (Å²) in [5.41, 5.74) is 2.09. The molecule has 0 aliphatic rings. The van der Waals surface area contributed by atoms with Gasteiger partial charge in [0.15, 0.2) is 0 Å². The van der Waals surface area contributed by atoms with E-state index in [4.69, 9.17) is 0 Å². The maximum atomic E-state index is 12.7. The van der Waals surface area contributed by atoms with E-state index >= 15 is 0 Å². The molecule has 3 aromatic heterocycles. The normalized spacial score (nSPS) is 12.4. The SMILES string of the molecule is CC(C)[C@H](Cn1nc(-c2cccs2)ccc1=O)NC(=O)Cn1nnc2ccccc21. The van der Waals surface area contributed by atoms with E-state index < -0.39 is 0 Å². The highest BCUT2D eigenvalue weighted by atomic mass is 32.1. The molecule has 0 unspecified atom stereocenters. The molecular formula is C21H22N6O2S. The van der Waals surface area contributed by atoms with Gasteiger partial charge in [0.1, 0.15) is 17.8 Å². The summed E-state index contributed by atoms with van der Waals surface area (Å²) in [6, 6.07) is 14.4. The summed E-state index contributed by atoms with van der Waals surface area (Å²) >= 11 is 1.57. The highest BCUT2D eigenvalue weighted by Crippen LogP contribution is 2.21. The number of nitrogens with zero attached hydrogens (tertiary/aromatic N) is 5. The minimum Gasteiger partial charge on any atom is -0.350 e. The molecule has 0 saturated heterocycles. The summed E-state index contributed by atoms with van der Waals surface area (Å²) < 4.78 is 2.99. The molecule has 154 valence electrons. The molecule has 0 bridgehead atoms. The molecule has 0 saturated carbocycles. The van der Waals surface area contributed by atoms with E-state index in [0.717, 1.165) is 21.6 Å². The maximum Gasteiger partial charge on any atom is 0.266 e. The molecule has 1 atom stereocenters. The van der Waals surface area contributed by atoms with Crippen molar-refractivity contribution in [2.45, 2.75) is 33.0 Å². The molecule has 0 fully saturated rings. The number of rotatable bonds is 7. The predicted molar refractivity (Wildman–Crippen MR) is 116 cm³/mol. The molecule has 4 aromatic rings. The van der Waals surface area contributed by atoms with Crippen LogP contribution in [0.25, 0.3) is 21.6 Å². The smallest absolute Gasteiger partial charge is 0.266 e. The zero-order valence-corrected chi connectivity index (χ0v) is 17.5. The maximum absolute atomic E-state index is 12.7. The van der Waals surface area contributed by atoms with Crippen LogP contribution in [0.5, 0.6) is 0 Å². The summed E-state index contributed by atoms with van der Waals surface area (Å²) in [6.07, 6.45) is 0. The van der Waals surface area contributed by atoms with Gasteiger partial charge in [0.25, 0.3) is 5.56 Å². The van der Waals surface area contributed by atoms with Gasteiger partial charge in [-0.15, -0.1) is 16.4 Å². The molecule has 0 aliphatic carbocycles. The second-order valence-corrected chi connectivity index (χ2v) is 8.32. The molecule has 0 aliphatic heterocycles. The number of amides is 1. The Morgan fingerprint density at radius 1 is 1.10 bits per heavy atom. The van der Waals surface area contributed by atoms with E-state index in [9.17, 15) is 9.59 Å². The van der Waals surface area contributed by atoms with Crippen molar-refractivity contribution >= 4 is 28.3 Å². The summed E-state index contributed by atoms with van der Waals surface area (Å²) in [4.78, 5) is 26.0. The number of aromatic nitrogens is 5. The highest BCUT2D eigenvalue weighted by molar-refractivity contribution is 7.13. The molecule has 9 heteroatoms. The van der Waals surface area contributed by atoms with Gasteiger partial charge in [-0.2, -0.15) is 5.10 Å². The van der Waals surface area contributed by atoms with E-state index in [1.807, 2.05) is 55.6 Å². The van der Waals surface area contributed by atoms with Crippen molar-refractivity contribution in [3.05, 3.63) is 64.3 Å². The van der Waals surface area contributed by atoms with E-state index in [-0.39, 0.29) is 30.0 Å². The molecule has 1 N–H and O–H groups in total. The van der Waals surface area contributed by atoms with Crippen molar-refractivity contribution in [2.75, 3.05) is 0 Å². The minimum absolute atomic E-state index is 0.0568. The molecule has 0 spiro atoms. The van der Waals surface area contributed by atoms with Crippen molar-refractivity contribution < 1.29 is 4.79 Å². The Balaban J connectivity index is 1.50. The quantitative estimate of drug-likeness (QED) is 0.494. The number of hydrogen-bond acceptors (Lipinski definition) is 6. The molecule has 1 amide bonds. The Morgan fingerprint density at radius 3 is 2.70 bits per heavy atom. The third-order valence-corrected chi connectivity index (χ3v) is 5.77. The number of carbonyl (C=O) groups excluding carboxylic acids is 1. The molecule has 0 radical (unpaired) electrons. The van der Waals surface area contributed by atoms with Crippen LogP contribution < -0.4 is 10.9 Å². The number of fused-ring (bicyclic) bond motifs is 1. The van der Waals surface area contributed by atoms with Gasteiger partial charge in [0.05, 0.1) is 23.0 Å². The Labute approximate surface area is 177 Å². The van der Waals surface area contributed by atoms with Crippen LogP contribution >= 0.6 is 11.3 Å². The van der Waals surface area contributed by atoms with Crippen LogP contribution in [0.1, 0.15) is 13.8 Å². The first kappa shape index (κ1) is 20.0. The van der Waals surface area contributed by atoms with Crippen molar-refractivity contribution in [1.29, 1.82) is 0 Å². The third kappa shape index (κ3) is 4.30. The summed E-state index contributed by atoms with van der Waals surface area (Å²) in [7, 11) is 0. The summed E-state index contributed by atoms with van der Waals surface area (Å²) in [6.45, 7) is 4.36. The van der Waals surface area contributed by atoms with Gasteiger partial charge in [-0.3, -0.25) is 9.59 Å². The Hall–Kier alpha value is -3.33. The van der Waals surface area contributed by atoms with Crippen LogP contribution in [-0.2, 0) is 17.9 Å². The number of benzene rings is 1. The molecule has 4 rings (SSSR count). The number of thiophene rings is 1. The number of hydrogen-bond donors (Lipinski definition) is 1. The second-order valence-electron chi connectivity index (χ2n) is 7.37. The lowest BCUT2D eigenvalue weighted by Crippen LogP contribution is -2.45. The lowest BCUT2D eigenvalue weighted by molar-refractivity contribution is -0.123. The van der Waals surface area contributed by atoms with Gasteiger partial charge < -0.3 is 5.32 Å². The van der Waals surface area contributed by atoms with Gasteiger partial charge >= 0.3 is 0 Å². The Morgan fingerprint density at radius 2 is 1.93 bits per heavy atom. The van der Waals surface area contributed by atoms with Crippen LogP contribution in [0.3, 0.4) is 0 Å². The Kier molecular flexibility index (Phi) is 5.71. The van der Waals surface area contributed by atoms with E-state index in [1.165, 1.54) is 10.7 Å². The van der Waals surface area contributed by atoms with Crippen molar-refractivity contribution in [1.82, 2.24) is 30.1 Å². The van der Waals surface area contributed by atoms with Gasteiger partial charge in [0, 0.05) is 6.07 Å². The van der Waals surface area contributed by atoms with E-state index in [2.05, 4.69) is 20.7 Å². The molecular weight excluding hydrogens is 400 g/mol. The van der Waals surface area contributed by atoms with Crippen LogP contribution in [-0.4, -0.2) is 36.7 Å². The Bertz CT molecular complexity index is 1210. The van der Waals surface area contributed by atoms with Gasteiger partial charge in [-0.25, -0.2) is 9.36 Å². The van der Waals surface area contributed by atoms with Crippen LogP contribution in [0.2, 0.25) is 0 Å². The topological polar surface area (TPSA) is 94.7 Å². The first-order valence-corrected chi connectivity index (χ1v) is 10.6. The number of nitrogens with one attached hydrogen (secondary N) is 1. The summed E-state index contributed by atoms with van der Waals surface area (Å²) in [5.74, 6) is -0.0765. The highest BCUT2D eigenvalue weighted by Gasteiger charge is 2.19. The zero-order chi connectivity index (χ0) is 21.1. The van der Waals surface area contributed by atoms with Crippen LogP contribution in [0, 0.1) is 5.92 Å². The standard InChI is InChI=1S/C21H22N6O2S/c1-14(2)17(12-27-21(29)10-9-16(24-27)19-8-5-11-30-19)22-20(28)13-26-18-7-4-3-6-15(18)23-25-26/h3-11,14,17H,12-13H2,1-2H3,(H,22,28)/t17-/m0/s1. The van der Waals surface area contributed by atoms with E-state index in [1.54, 1.807) is 22.1 Å². The number of para-hydroxylation sites is 1. The van der Waals surface area contributed by atoms with Crippen LogP contribution in [0.4, 0.5) is 0 Å². The minimum atomic E-state index is -0.254. The fourth-order valence-electron chi connectivity index (χ4n) is 3.17. The monoisotopic (exact) mass is 422 g/mol. The van der Waals surface area contributed by atoms with Crippen molar-refractivity contribution in [3.63, 3.8) is 0 Å². The fraction of sp³-hybridized carbons (Fsp3) is 0.286. The predicted octanol–water partition coefficient (Wildman–Crippen LogP) is 2.56.